The highest BCUT2D eigenvalue weighted by Gasteiger charge is 2.46. The molecule has 2 atom stereocenters. The smallest absolute Gasteiger partial charge is 0.419 e. The van der Waals surface area contributed by atoms with Gasteiger partial charge in [-0.1, -0.05) is 30.3 Å². The predicted molar refractivity (Wildman–Crippen MR) is 78.7 cm³/mol. The summed E-state index contributed by atoms with van der Waals surface area (Å²) in [4.78, 5) is 25.0. The summed E-state index contributed by atoms with van der Waals surface area (Å²) in [5.41, 5.74) is 0.759. The van der Waals surface area contributed by atoms with Crippen LogP contribution in [-0.4, -0.2) is 36.9 Å². The fourth-order valence-corrected chi connectivity index (χ4v) is 1.99. The van der Waals surface area contributed by atoms with Gasteiger partial charge in [0.05, 0.1) is 0 Å². The molecule has 0 amide bonds. The van der Waals surface area contributed by atoms with Gasteiger partial charge in [-0.2, -0.15) is 0 Å². The van der Waals surface area contributed by atoms with Crippen molar-refractivity contribution in [1.29, 1.82) is 0 Å². The topological polar surface area (TPSA) is 82.1 Å². The van der Waals surface area contributed by atoms with Gasteiger partial charge in [-0.05, 0) is 18.6 Å². The van der Waals surface area contributed by atoms with Gasteiger partial charge in [0.25, 0.3) is 0 Å². The van der Waals surface area contributed by atoms with Crippen molar-refractivity contribution in [2.24, 2.45) is 0 Å². The number of allylic oxidation sites excluding steroid dienone is 2. The quantitative estimate of drug-likeness (QED) is 0.853. The third-order valence-electron chi connectivity index (χ3n) is 3.17. The molecule has 0 aromatic heterocycles. The summed E-state index contributed by atoms with van der Waals surface area (Å²) in [7, 11) is 1.68. The molecule has 0 spiro atoms. The van der Waals surface area contributed by atoms with E-state index in [2.05, 4.69) is 9.68 Å². The fraction of sp³-hybridized carbons (Fsp3) is 0.375. The van der Waals surface area contributed by atoms with E-state index in [9.17, 15) is 19.2 Å². The molecule has 1 aliphatic rings. The molecule has 0 saturated carbocycles. The summed E-state index contributed by atoms with van der Waals surface area (Å²) in [6.07, 6.45) is 1.56. The van der Waals surface area contributed by atoms with Crippen LogP contribution in [-0.2, 0) is 24.0 Å². The second-order valence-electron chi connectivity index (χ2n) is 4.74. The predicted octanol–water partition coefficient (Wildman–Crippen LogP) is 2.04. The van der Waals surface area contributed by atoms with Crippen molar-refractivity contribution in [2.75, 3.05) is 13.7 Å². The lowest BCUT2D eigenvalue weighted by Crippen LogP contribution is -2.45. The van der Waals surface area contributed by atoms with Gasteiger partial charge in [-0.3, -0.25) is 4.79 Å². The number of hydrogen-bond acceptors (Lipinski definition) is 6. The first kappa shape index (κ1) is 18.8. The molecule has 0 bridgehead atoms. The zero-order valence-electron chi connectivity index (χ0n) is 12.9. The SMILES string of the molecule is CCOC.O=CC1=CC(c2ccccc2)CC(O)(C(=O)OF)O1. The molecule has 6 nitrogen and oxygen atoms in total. The average Bonchev–Trinajstić information content (AvgIpc) is 2.61. The molecular formula is C16H19FO6. The van der Waals surface area contributed by atoms with E-state index in [0.29, 0.717) is 6.29 Å². The number of methoxy groups -OCH3 is 1. The van der Waals surface area contributed by atoms with Crippen molar-refractivity contribution in [2.45, 2.75) is 25.0 Å². The van der Waals surface area contributed by atoms with Crippen LogP contribution in [0.3, 0.4) is 0 Å². The van der Waals surface area contributed by atoms with Gasteiger partial charge in [0, 0.05) is 30.6 Å². The molecule has 23 heavy (non-hydrogen) atoms. The Morgan fingerprint density at radius 1 is 1.48 bits per heavy atom. The Hall–Kier alpha value is -2.25. The molecule has 2 rings (SSSR count). The molecule has 2 unspecified atom stereocenters. The molecule has 0 fully saturated rings. The van der Waals surface area contributed by atoms with Crippen LogP contribution in [0, 0.1) is 0 Å². The van der Waals surface area contributed by atoms with Crippen LogP contribution < -0.4 is 0 Å². The molecule has 7 heteroatoms. The van der Waals surface area contributed by atoms with Crippen molar-refractivity contribution < 1.29 is 33.6 Å². The van der Waals surface area contributed by atoms with E-state index in [1.807, 2.05) is 6.92 Å². The third kappa shape index (κ3) is 5.15. The lowest BCUT2D eigenvalue weighted by Gasteiger charge is -2.32. The third-order valence-corrected chi connectivity index (χ3v) is 3.17. The molecule has 1 aromatic carbocycles. The number of benzene rings is 1. The molecule has 1 aromatic rings. The number of aldehydes is 1. The molecule has 1 N–H and O–H groups in total. The van der Waals surface area contributed by atoms with Gasteiger partial charge in [0.1, 0.15) is 0 Å². The van der Waals surface area contributed by atoms with E-state index >= 15 is 0 Å². The Morgan fingerprint density at radius 2 is 2.09 bits per heavy atom. The first-order chi connectivity index (χ1) is 11.0. The summed E-state index contributed by atoms with van der Waals surface area (Å²) < 4.78 is 21.3. The minimum absolute atomic E-state index is 0.239. The van der Waals surface area contributed by atoms with Gasteiger partial charge in [-0.15, -0.1) is 0 Å². The molecular weight excluding hydrogens is 307 g/mol. The van der Waals surface area contributed by atoms with Gasteiger partial charge >= 0.3 is 11.8 Å². The standard InChI is InChI=1S/C13H11FO5.C3H8O/c14-19-12(16)13(17)7-10(6-11(8-15)18-13)9-4-2-1-3-5-9;1-3-4-2/h1-6,8,10,17H,7H2;3H2,1-2H3. The highest BCUT2D eigenvalue weighted by molar-refractivity contribution is 5.80. The van der Waals surface area contributed by atoms with E-state index in [1.165, 1.54) is 6.08 Å². The lowest BCUT2D eigenvalue weighted by molar-refractivity contribution is -0.250. The van der Waals surface area contributed by atoms with Crippen LogP contribution in [0.4, 0.5) is 4.53 Å². The van der Waals surface area contributed by atoms with Crippen molar-refractivity contribution in [3.05, 3.63) is 47.7 Å². The second-order valence-corrected chi connectivity index (χ2v) is 4.74. The average molecular weight is 326 g/mol. The zero-order valence-corrected chi connectivity index (χ0v) is 12.9. The number of hydrogen-bond donors (Lipinski definition) is 1. The van der Waals surface area contributed by atoms with Crippen LogP contribution in [0.15, 0.2) is 42.2 Å². The van der Waals surface area contributed by atoms with Crippen molar-refractivity contribution >= 4 is 12.3 Å². The number of carbonyl (C=O) groups is 2. The zero-order chi connectivity index (χ0) is 17.3. The lowest BCUT2D eigenvalue weighted by atomic mass is 9.89. The van der Waals surface area contributed by atoms with Crippen molar-refractivity contribution in [3.63, 3.8) is 0 Å². The van der Waals surface area contributed by atoms with Gasteiger partial charge in [0.2, 0.25) is 0 Å². The number of halogens is 1. The molecule has 0 radical (unpaired) electrons. The largest absolute Gasteiger partial charge is 0.448 e. The van der Waals surface area contributed by atoms with E-state index in [0.717, 1.165) is 12.2 Å². The minimum atomic E-state index is -2.50. The summed E-state index contributed by atoms with van der Waals surface area (Å²) in [6.45, 7) is 2.78. The summed E-state index contributed by atoms with van der Waals surface area (Å²) in [5, 5.41) is 9.94. The Labute approximate surface area is 133 Å². The Morgan fingerprint density at radius 3 is 2.57 bits per heavy atom. The maximum Gasteiger partial charge on any atom is 0.419 e. The second kappa shape index (κ2) is 9.02. The van der Waals surface area contributed by atoms with Crippen LogP contribution in [0.2, 0.25) is 0 Å². The molecule has 1 heterocycles. The van der Waals surface area contributed by atoms with E-state index in [-0.39, 0.29) is 12.2 Å². The summed E-state index contributed by atoms with van der Waals surface area (Å²) >= 11 is 0. The molecule has 0 saturated heterocycles. The molecule has 1 aliphatic heterocycles. The Bertz CT molecular complexity index is 543. The first-order valence-corrected chi connectivity index (χ1v) is 6.96. The maximum absolute atomic E-state index is 12.0. The van der Waals surface area contributed by atoms with Crippen LogP contribution in [0.5, 0.6) is 0 Å². The number of rotatable bonds is 4. The fourth-order valence-electron chi connectivity index (χ4n) is 1.99. The summed E-state index contributed by atoms with van der Waals surface area (Å²) in [5.74, 6) is -4.78. The highest BCUT2D eigenvalue weighted by Crippen LogP contribution is 2.35. The highest BCUT2D eigenvalue weighted by atomic mass is 19.3. The summed E-state index contributed by atoms with van der Waals surface area (Å²) in [6, 6.07) is 8.86. The monoisotopic (exact) mass is 326 g/mol. The van der Waals surface area contributed by atoms with E-state index in [1.54, 1.807) is 37.4 Å². The van der Waals surface area contributed by atoms with Gasteiger partial charge in [-0.25, -0.2) is 9.74 Å². The molecule has 0 aliphatic carbocycles. The van der Waals surface area contributed by atoms with Gasteiger partial charge in [0.15, 0.2) is 12.0 Å². The van der Waals surface area contributed by atoms with E-state index < -0.39 is 17.7 Å². The minimum Gasteiger partial charge on any atom is -0.448 e. The van der Waals surface area contributed by atoms with Crippen LogP contribution >= 0.6 is 0 Å². The van der Waals surface area contributed by atoms with Crippen molar-refractivity contribution in [3.8, 4) is 0 Å². The van der Waals surface area contributed by atoms with Crippen molar-refractivity contribution in [1.82, 2.24) is 0 Å². The normalized spacial score (nSPS) is 22.8. The van der Waals surface area contributed by atoms with Crippen LogP contribution in [0.25, 0.3) is 0 Å². The van der Waals surface area contributed by atoms with E-state index in [4.69, 9.17) is 4.74 Å². The Balaban J connectivity index is 0.000000593. The van der Waals surface area contributed by atoms with Gasteiger partial charge < -0.3 is 14.6 Å². The molecule has 126 valence electrons. The van der Waals surface area contributed by atoms with Crippen LogP contribution in [0.1, 0.15) is 24.8 Å². The first-order valence-electron chi connectivity index (χ1n) is 6.96. The maximum atomic E-state index is 12.0. The Kier molecular flexibility index (Phi) is 7.37. The number of aliphatic hydroxyl groups is 1. The number of ether oxygens (including phenoxy) is 2. The number of carbonyl (C=O) groups excluding carboxylic acids is 2.